The molecule has 0 heterocycles. The summed E-state index contributed by atoms with van der Waals surface area (Å²) >= 11 is 0. The second kappa shape index (κ2) is 17.5. The van der Waals surface area contributed by atoms with Crippen molar-refractivity contribution in [2.24, 2.45) is 0 Å². The number of rotatable bonds is 7. The maximum Gasteiger partial charge on any atom is 0.00561 e. The maximum atomic E-state index is 2.45. The van der Waals surface area contributed by atoms with Gasteiger partial charge in [0.25, 0.3) is 0 Å². The SMILES string of the molecule is CC.CCCC.Cc1c(-c2ccccc2)cccc1-c1ccc(C2C=CC(c3ccc(C)c4c(-c5ccccc5C5CCC5)cccc34)=CC2)cc1. The van der Waals surface area contributed by atoms with Gasteiger partial charge in [0.15, 0.2) is 0 Å². The van der Waals surface area contributed by atoms with E-state index >= 15 is 0 Å². The zero-order valence-electron chi connectivity index (χ0n) is 32.3. The number of fused-ring (bicyclic) bond motifs is 1. The standard InChI is InChI=1S/C46H40.C4H10.C2H6/c1-31-21-30-42(44-19-10-20-45(46(31)44)43-16-7-6-15-41(43)36-13-8-14-36)38-28-24-34(25-29-38)33-22-26-37(27-23-33)40-18-9-17-39(32(40)2)35-11-4-3-5-12-35;1-3-4-2;1-2/h3-7,9-12,15-24,26-30,34,36H,8,13-14,25H2,1-2H3;3-4H2,1-2H3;1-2H3. The van der Waals surface area contributed by atoms with E-state index in [1.807, 2.05) is 13.8 Å². The molecule has 0 N–H and O–H groups in total. The van der Waals surface area contributed by atoms with Crippen LogP contribution in [0.3, 0.4) is 0 Å². The molecular weight excluding hydrogens is 625 g/mol. The molecule has 264 valence electrons. The van der Waals surface area contributed by atoms with Crippen LogP contribution in [0.4, 0.5) is 0 Å². The monoisotopic (exact) mass is 680 g/mol. The van der Waals surface area contributed by atoms with Crippen molar-refractivity contribution < 1.29 is 0 Å². The van der Waals surface area contributed by atoms with Gasteiger partial charge in [0, 0.05) is 5.92 Å². The summed E-state index contributed by atoms with van der Waals surface area (Å²) in [5, 5.41) is 2.75. The van der Waals surface area contributed by atoms with Crippen LogP contribution in [-0.4, -0.2) is 0 Å². The van der Waals surface area contributed by atoms with Gasteiger partial charge in [-0.25, -0.2) is 0 Å². The number of unbranched alkanes of at least 4 members (excludes halogenated alkanes) is 1. The Labute approximate surface area is 314 Å². The Morgan fingerprint density at radius 1 is 0.558 bits per heavy atom. The van der Waals surface area contributed by atoms with E-state index in [4.69, 9.17) is 0 Å². The summed E-state index contributed by atoms with van der Waals surface area (Å²) < 4.78 is 0. The smallest absolute Gasteiger partial charge is 0.00561 e. The molecule has 0 heteroatoms. The van der Waals surface area contributed by atoms with Crippen molar-refractivity contribution in [1.29, 1.82) is 0 Å². The normalized spacial score (nSPS) is 15.1. The fraction of sp³-hybridized carbons (Fsp3) is 0.269. The Morgan fingerprint density at radius 2 is 1.17 bits per heavy atom. The number of aryl methyl sites for hydroxylation is 1. The quantitative estimate of drug-likeness (QED) is 0.157. The van der Waals surface area contributed by atoms with E-state index in [1.54, 1.807) is 0 Å². The summed E-state index contributed by atoms with van der Waals surface area (Å²) in [6, 6.07) is 47.3. The molecule has 1 fully saturated rings. The molecule has 8 rings (SSSR count). The van der Waals surface area contributed by atoms with Crippen molar-refractivity contribution >= 4 is 16.3 Å². The van der Waals surface area contributed by atoms with Gasteiger partial charge in [0.05, 0.1) is 0 Å². The lowest BCUT2D eigenvalue weighted by molar-refractivity contribution is 0.420. The van der Waals surface area contributed by atoms with Gasteiger partial charge >= 0.3 is 0 Å². The molecule has 2 aliphatic carbocycles. The minimum absolute atomic E-state index is 0.385. The van der Waals surface area contributed by atoms with E-state index in [2.05, 4.69) is 173 Å². The van der Waals surface area contributed by atoms with Crippen LogP contribution in [0.2, 0.25) is 0 Å². The first-order valence-corrected chi connectivity index (χ1v) is 19.8. The zero-order chi connectivity index (χ0) is 36.5. The second-order valence-corrected chi connectivity index (χ2v) is 14.2. The van der Waals surface area contributed by atoms with E-state index in [-0.39, 0.29) is 0 Å². The largest absolute Gasteiger partial charge is 0.0761 e. The van der Waals surface area contributed by atoms with Gasteiger partial charge in [0.2, 0.25) is 0 Å². The third kappa shape index (κ3) is 7.78. The van der Waals surface area contributed by atoms with Crippen LogP contribution in [0.5, 0.6) is 0 Å². The van der Waals surface area contributed by atoms with Crippen LogP contribution in [0.15, 0.2) is 146 Å². The highest BCUT2D eigenvalue weighted by atomic mass is 14.3. The first-order valence-electron chi connectivity index (χ1n) is 19.8. The molecule has 2 aliphatic rings. The minimum Gasteiger partial charge on any atom is -0.0761 e. The third-order valence-corrected chi connectivity index (χ3v) is 11.0. The van der Waals surface area contributed by atoms with Gasteiger partial charge in [-0.2, -0.15) is 0 Å². The highest BCUT2D eigenvalue weighted by Crippen LogP contribution is 2.44. The molecule has 0 spiro atoms. The van der Waals surface area contributed by atoms with E-state index in [0.717, 1.165) is 6.42 Å². The Balaban J connectivity index is 0.000000726. The van der Waals surface area contributed by atoms with Crippen LogP contribution in [0.25, 0.3) is 49.7 Å². The summed E-state index contributed by atoms with van der Waals surface area (Å²) in [5.41, 5.74) is 16.2. The molecule has 6 aromatic rings. The lowest BCUT2D eigenvalue weighted by Crippen LogP contribution is -2.10. The zero-order valence-corrected chi connectivity index (χ0v) is 32.3. The molecule has 0 aromatic heterocycles. The highest BCUT2D eigenvalue weighted by Gasteiger charge is 2.23. The molecule has 0 bridgehead atoms. The summed E-state index contributed by atoms with van der Waals surface area (Å²) in [7, 11) is 0. The van der Waals surface area contributed by atoms with Crippen molar-refractivity contribution in [2.45, 2.75) is 91.9 Å². The highest BCUT2D eigenvalue weighted by molar-refractivity contribution is 6.05. The van der Waals surface area contributed by atoms with Gasteiger partial charge in [-0.15, -0.1) is 0 Å². The van der Waals surface area contributed by atoms with Crippen molar-refractivity contribution in [2.75, 3.05) is 0 Å². The Hall–Kier alpha value is -4.94. The van der Waals surface area contributed by atoms with Gasteiger partial charge in [0.1, 0.15) is 0 Å². The van der Waals surface area contributed by atoms with Gasteiger partial charge in [-0.3, -0.25) is 0 Å². The van der Waals surface area contributed by atoms with E-state index < -0.39 is 0 Å². The molecule has 1 saturated carbocycles. The van der Waals surface area contributed by atoms with Crippen LogP contribution in [0, 0.1) is 13.8 Å². The second-order valence-electron chi connectivity index (χ2n) is 14.2. The maximum absolute atomic E-state index is 2.45. The Bertz CT molecular complexity index is 2140. The number of benzene rings is 6. The van der Waals surface area contributed by atoms with E-state index in [1.165, 1.54) is 110 Å². The molecule has 6 aromatic carbocycles. The first kappa shape index (κ1) is 36.8. The molecule has 1 unspecified atom stereocenters. The molecule has 0 amide bonds. The predicted molar refractivity (Wildman–Crippen MR) is 229 cm³/mol. The average Bonchev–Trinajstić information content (AvgIpc) is 3.19. The molecule has 1 atom stereocenters. The molecule has 0 aliphatic heterocycles. The van der Waals surface area contributed by atoms with Crippen LogP contribution >= 0.6 is 0 Å². The topological polar surface area (TPSA) is 0 Å². The fourth-order valence-electron chi connectivity index (χ4n) is 7.73. The summed E-state index contributed by atoms with van der Waals surface area (Å²) in [4.78, 5) is 0. The minimum atomic E-state index is 0.385. The molecule has 52 heavy (non-hydrogen) atoms. The van der Waals surface area contributed by atoms with E-state index in [0.29, 0.717) is 11.8 Å². The number of allylic oxidation sites excluding steroid dienone is 4. The van der Waals surface area contributed by atoms with Gasteiger partial charge < -0.3 is 0 Å². The molecular formula is C52H56. The first-order chi connectivity index (χ1) is 25.6. The van der Waals surface area contributed by atoms with Gasteiger partial charge in [-0.05, 0) is 117 Å². The lowest BCUT2D eigenvalue weighted by Gasteiger charge is -2.28. The van der Waals surface area contributed by atoms with Crippen LogP contribution in [-0.2, 0) is 0 Å². The Morgan fingerprint density at radius 3 is 1.81 bits per heavy atom. The molecule has 0 saturated heterocycles. The van der Waals surface area contributed by atoms with Crippen molar-refractivity contribution in [3.8, 4) is 33.4 Å². The van der Waals surface area contributed by atoms with Crippen LogP contribution in [0.1, 0.15) is 106 Å². The fourth-order valence-corrected chi connectivity index (χ4v) is 7.73. The van der Waals surface area contributed by atoms with Crippen LogP contribution < -0.4 is 0 Å². The summed E-state index contributed by atoms with van der Waals surface area (Å²) in [6.45, 7) is 12.9. The lowest BCUT2D eigenvalue weighted by atomic mass is 9.76. The average molecular weight is 681 g/mol. The van der Waals surface area contributed by atoms with Crippen molar-refractivity contribution in [3.63, 3.8) is 0 Å². The molecule has 0 nitrogen and oxygen atoms in total. The number of hydrogen-bond donors (Lipinski definition) is 0. The summed E-state index contributed by atoms with van der Waals surface area (Å²) in [5.74, 6) is 1.09. The Kier molecular flexibility index (Phi) is 12.4. The van der Waals surface area contributed by atoms with E-state index in [9.17, 15) is 0 Å². The van der Waals surface area contributed by atoms with Gasteiger partial charge in [-0.1, -0.05) is 193 Å². The summed E-state index contributed by atoms with van der Waals surface area (Å²) in [6.07, 6.45) is 14.8. The predicted octanol–water partition coefficient (Wildman–Crippen LogP) is 15.7. The van der Waals surface area contributed by atoms with Crippen molar-refractivity contribution in [1.82, 2.24) is 0 Å². The van der Waals surface area contributed by atoms with Crippen molar-refractivity contribution in [3.05, 3.63) is 173 Å². The third-order valence-electron chi connectivity index (χ3n) is 11.0. The molecule has 0 radical (unpaired) electrons. The number of hydrogen-bond acceptors (Lipinski definition) is 0.